The van der Waals surface area contributed by atoms with Crippen LogP contribution in [0, 0.1) is 0 Å². The highest BCUT2D eigenvalue weighted by molar-refractivity contribution is 7.81. The van der Waals surface area contributed by atoms with Gasteiger partial charge < -0.3 is 9.73 Å². The third kappa shape index (κ3) is 4.48. The zero-order valence-electron chi connectivity index (χ0n) is 15.7. The van der Waals surface area contributed by atoms with Crippen LogP contribution >= 0.6 is 11.6 Å². The first-order valence-corrected chi connectivity index (χ1v) is 10.3. The molecule has 0 bridgehead atoms. The number of pyridine rings is 1. The van der Waals surface area contributed by atoms with Gasteiger partial charge in [-0.2, -0.15) is 0 Å². The SMILES string of the molecule is O=C(Nc1ccnc(N(c2ccc(Cl)cc2)S(=O)O)c1)c1cccc2ccc(=O)oc12. The van der Waals surface area contributed by atoms with Gasteiger partial charge in [0.2, 0.25) is 0 Å². The highest BCUT2D eigenvalue weighted by Crippen LogP contribution is 2.28. The molecule has 0 saturated carbocycles. The molecule has 2 aromatic heterocycles. The molecule has 0 aliphatic carbocycles. The summed E-state index contributed by atoms with van der Waals surface area (Å²) in [6.45, 7) is 0. The summed E-state index contributed by atoms with van der Waals surface area (Å²) in [5.74, 6) is -0.384. The second-order valence-corrected chi connectivity index (χ2v) is 7.60. The van der Waals surface area contributed by atoms with Crippen molar-refractivity contribution in [1.82, 2.24) is 4.98 Å². The van der Waals surface area contributed by atoms with E-state index in [-0.39, 0.29) is 17.0 Å². The Morgan fingerprint density at radius 2 is 1.87 bits per heavy atom. The highest BCUT2D eigenvalue weighted by Gasteiger charge is 2.18. The number of amides is 1. The first-order valence-electron chi connectivity index (χ1n) is 8.89. The molecule has 0 aliphatic rings. The van der Waals surface area contributed by atoms with Crippen LogP contribution in [-0.2, 0) is 11.3 Å². The molecule has 0 radical (unpaired) electrons. The minimum Gasteiger partial charge on any atom is -0.422 e. The Morgan fingerprint density at radius 3 is 2.61 bits per heavy atom. The van der Waals surface area contributed by atoms with Gasteiger partial charge in [0.15, 0.2) is 5.58 Å². The van der Waals surface area contributed by atoms with Crippen LogP contribution in [0.2, 0.25) is 5.02 Å². The number of hydrogen-bond acceptors (Lipinski definition) is 5. The molecular formula is C21H14ClN3O5S. The van der Waals surface area contributed by atoms with Crippen LogP contribution < -0.4 is 15.2 Å². The van der Waals surface area contributed by atoms with Gasteiger partial charge >= 0.3 is 5.63 Å². The number of anilines is 3. The van der Waals surface area contributed by atoms with Gasteiger partial charge in [-0.25, -0.2) is 18.3 Å². The van der Waals surface area contributed by atoms with Crippen LogP contribution in [0.5, 0.6) is 0 Å². The van der Waals surface area contributed by atoms with Crippen LogP contribution in [0.15, 0.2) is 82.1 Å². The molecule has 1 amide bonds. The third-order valence-electron chi connectivity index (χ3n) is 4.32. The molecule has 0 saturated heterocycles. The lowest BCUT2D eigenvalue weighted by atomic mass is 10.1. The minimum atomic E-state index is -2.42. The predicted octanol–water partition coefficient (Wildman–Crippen LogP) is 4.37. The van der Waals surface area contributed by atoms with E-state index in [1.165, 1.54) is 30.5 Å². The lowest BCUT2D eigenvalue weighted by Crippen LogP contribution is -2.21. The maximum atomic E-state index is 12.8. The van der Waals surface area contributed by atoms with Gasteiger partial charge in [-0.15, -0.1) is 0 Å². The number of nitrogens with one attached hydrogen (secondary N) is 1. The molecule has 4 rings (SSSR count). The predicted molar refractivity (Wildman–Crippen MR) is 119 cm³/mol. The van der Waals surface area contributed by atoms with Gasteiger partial charge in [-0.3, -0.25) is 9.35 Å². The van der Waals surface area contributed by atoms with E-state index < -0.39 is 22.8 Å². The van der Waals surface area contributed by atoms with E-state index in [0.29, 0.717) is 21.8 Å². The van der Waals surface area contributed by atoms with Crippen LogP contribution in [0.4, 0.5) is 17.2 Å². The summed E-state index contributed by atoms with van der Waals surface area (Å²) in [5, 5.41) is 3.77. The van der Waals surface area contributed by atoms with E-state index in [0.717, 1.165) is 4.31 Å². The van der Waals surface area contributed by atoms with Gasteiger partial charge in [0.05, 0.1) is 11.3 Å². The molecule has 4 aromatic rings. The smallest absolute Gasteiger partial charge is 0.336 e. The summed E-state index contributed by atoms with van der Waals surface area (Å²) in [7, 11) is 0. The fourth-order valence-electron chi connectivity index (χ4n) is 2.96. The van der Waals surface area contributed by atoms with Gasteiger partial charge in [0, 0.05) is 34.4 Å². The van der Waals surface area contributed by atoms with Crippen LogP contribution in [0.1, 0.15) is 10.4 Å². The standard InChI is InChI=1S/C21H14ClN3O5S/c22-14-5-7-16(8-6-14)25(31(28)29)18-12-15(10-11-23-18)24-21(27)17-3-1-2-13-4-9-19(26)30-20(13)17/h1-12H,(H,28,29)(H,23,24,27). The maximum absolute atomic E-state index is 12.8. The molecular weight excluding hydrogens is 442 g/mol. The molecule has 1 unspecified atom stereocenters. The molecule has 2 aromatic carbocycles. The Morgan fingerprint density at radius 1 is 1.10 bits per heavy atom. The quantitative estimate of drug-likeness (QED) is 0.341. The van der Waals surface area contributed by atoms with Gasteiger partial charge in [0.25, 0.3) is 17.2 Å². The summed E-state index contributed by atoms with van der Waals surface area (Å²) < 4.78 is 28.0. The van der Waals surface area contributed by atoms with Gasteiger partial charge in [-0.05, 0) is 42.5 Å². The van der Waals surface area contributed by atoms with Crippen molar-refractivity contribution in [1.29, 1.82) is 0 Å². The summed E-state index contributed by atoms with van der Waals surface area (Å²) in [4.78, 5) is 28.5. The number of fused-ring (bicyclic) bond motifs is 1. The molecule has 10 heteroatoms. The molecule has 8 nitrogen and oxygen atoms in total. The first-order chi connectivity index (χ1) is 14.9. The van der Waals surface area contributed by atoms with Crippen molar-refractivity contribution in [2.45, 2.75) is 0 Å². The number of para-hydroxylation sites is 1. The van der Waals surface area contributed by atoms with Crippen molar-refractivity contribution in [2.75, 3.05) is 9.62 Å². The number of carbonyl (C=O) groups is 1. The average molecular weight is 456 g/mol. The van der Waals surface area contributed by atoms with E-state index in [1.807, 2.05) is 0 Å². The molecule has 0 fully saturated rings. The average Bonchev–Trinajstić information content (AvgIpc) is 2.75. The van der Waals surface area contributed by atoms with Gasteiger partial charge in [0.1, 0.15) is 5.82 Å². The minimum absolute atomic E-state index is 0.130. The maximum Gasteiger partial charge on any atom is 0.336 e. The van der Waals surface area contributed by atoms with E-state index >= 15 is 0 Å². The zero-order valence-corrected chi connectivity index (χ0v) is 17.3. The Balaban J connectivity index is 1.66. The summed E-state index contributed by atoms with van der Waals surface area (Å²) >= 11 is 3.46. The van der Waals surface area contributed by atoms with Crippen molar-refractivity contribution in [3.05, 3.63) is 93.9 Å². The van der Waals surface area contributed by atoms with E-state index in [2.05, 4.69) is 10.3 Å². The number of rotatable bonds is 5. The number of benzene rings is 2. The van der Waals surface area contributed by atoms with Gasteiger partial charge in [-0.1, -0.05) is 23.7 Å². The fourth-order valence-corrected chi connectivity index (χ4v) is 3.64. The molecule has 2 heterocycles. The van der Waals surface area contributed by atoms with Crippen LogP contribution in [0.25, 0.3) is 11.0 Å². The van der Waals surface area contributed by atoms with Crippen molar-refractivity contribution in [3.63, 3.8) is 0 Å². The van der Waals surface area contributed by atoms with Crippen molar-refractivity contribution < 1.29 is 18.0 Å². The number of aromatic nitrogens is 1. The second-order valence-electron chi connectivity index (χ2n) is 6.34. The molecule has 2 N–H and O–H groups in total. The lowest BCUT2D eigenvalue weighted by molar-refractivity contribution is 0.102. The van der Waals surface area contributed by atoms with E-state index in [4.69, 9.17) is 16.0 Å². The number of nitrogens with zero attached hydrogens (tertiary/aromatic N) is 2. The lowest BCUT2D eigenvalue weighted by Gasteiger charge is -2.19. The highest BCUT2D eigenvalue weighted by atomic mass is 35.5. The Kier molecular flexibility index (Phi) is 5.81. The first kappa shape index (κ1) is 20.7. The summed E-state index contributed by atoms with van der Waals surface area (Å²) in [6.07, 6.45) is 1.39. The van der Waals surface area contributed by atoms with Crippen molar-refractivity contribution >= 4 is 56.9 Å². The number of hydrogen-bond donors (Lipinski definition) is 2. The molecule has 1 atom stereocenters. The summed E-state index contributed by atoms with van der Waals surface area (Å²) in [5.41, 5.74) is 0.490. The monoisotopic (exact) mass is 455 g/mol. The van der Waals surface area contributed by atoms with Crippen molar-refractivity contribution in [2.24, 2.45) is 0 Å². The number of halogens is 1. The fraction of sp³-hybridized carbons (Fsp3) is 0. The zero-order chi connectivity index (χ0) is 22.0. The normalized spacial score (nSPS) is 11.8. The Hall–Kier alpha value is -3.53. The topological polar surface area (TPSA) is 113 Å². The summed E-state index contributed by atoms with van der Waals surface area (Å²) in [6, 6.07) is 17.1. The molecule has 156 valence electrons. The second kappa shape index (κ2) is 8.68. The Bertz CT molecular complexity index is 1360. The molecule has 0 aliphatic heterocycles. The van der Waals surface area contributed by atoms with Crippen LogP contribution in [-0.4, -0.2) is 19.7 Å². The Labute approximate surface area is 183 Å². The molecule has 0 spiro atoms. The van der Waals surface area contributed by atoms with E-state index in [9.17, 15) is 18.4 Å². The molecule has 31 heavy (non-hydrogen) atoms. The van der Waals surface area contributed by atoms with Crippen LogP contribution in [0.3, 0.4) is 0 Å². The van der Waals surface area contributed by atoms with Crippen molar-refractivity contribution in [3.8, 4) is 0 Å². The van der Waals surface area contributed by atoms with E-state index in [1.54, 1.807) is 42.5 Å². The number of carbonyl (C=O) groups excluding carboxylic acids is 1. The largest absolute Gasteiger partial charge is 0.422 e. The third-order valence-corrected chi connectivity index (χ3v) is 5.28.